The third-order valence-corrected chi connectivity index (χ3v) is 4.58. The van der Waals surface area contributed by atoms with E-state index in [1.54, 1.807) is 7.11 Å². The van der Waals surface area contributed by atoms with E-state index in [4.69, 9.17) is 9.47 Å². The highest BCUT2D eigenvalue weighted by Gasteiger charge is 2.25. The van der Waals surface area contributed by atoms with Gasteiger partial charge in [-0.2, -0.15) is 0 Å². The lowest BCUT2D eigenvalue weighted by Crippen LogP contribution is -2.28. The van der Waals surface area contributed by atoms with Gasteiger partial charge in [-0.05, 0) is 37.1 Å². The monoisotopic (exact) mass is 300 g/mol. The molecule has 0 saturated heterocycles. The second-order valence-corrected chi connectivity index (χ2v) is 4.87. The molecule has 0 fully saturated rings. The summed E-state index contributed by atoms with van der Waals surface area (Å²) in [6.07, 6.45) is 2.23. The fourth-order valence-corrected chi connectivity index (χ4v) is 2.54. The Hall–Kier alpha value is -0.700. The summed E-state index contributed by atoms with van der Waals surface area (Å²) in [5.74, 6) is 1.76. The van der Waals surface area contributed by atoms with E-state index in [0.29, 0.717) is 0 Å². The molecule has 0 radical (unpaired) electrons. The first-order valence-corrected chi connectivity index (χ1v) is 7.14. The van der Waals surface area contributed by atoms with E-state index in [-0.39, 0.29) is 5.41 Å². The van der Waals surface area contributed by atoms with Crippen LogP contribution in [0.3, 0.4) is 0 Å². The van der Waals surface area contributed by atoms with E-state index >= 15 is 0 Å². The van der Waals surface area contributed by atoms with Crippen molar-refractivity contribution >= 4 is 15.9 Å². The molecule has 0 aliphatic heterocycles. The summed E-state index contributed by atoms with van der Waals surface area (Å²) in [6.45, 7) is 5.17. The minimum absolute atomic E-state index is 0.236. The molecule has 1 aromatic carbocycles. The van der Waals surface area contributed by atoms with Crippen LogP contribution in [0.25, 0.3) is 0 Å². The van der Waals surface area contributed by atoms with E-state index in [0.717, 1.165) is 36.3 Å². The molecular formula is C14H21BrO2. The van der Waals surface area contributed by atoms with Crippen molar-refractivity contribution in [3.8, 4) is 11.5 Å². The highest BCUT2D eigenvalue weighted by Crippen LogP contribution is 2.30. The van der Waals surface area contributed by atoms with Crippen LogP contribution in [0.2, 0.25) is 0 Å². The van der Waals surface area contributed by atoms with Crippen LogP contribution in [0.5, 0.6) is 11.5 Å². The number of hydrogen-bond donors (Lipinski definition) is 0. The van der Waals surface area contributed by atoms with Crippen molar-refractivity contribution in [2.24, 2.45) is 5.41 Å². The molecule has 0 saturated carbocycles. The number of halogens is 1. The summed E-state index contributed by atoms with van der Waals surface area (Å²) in [4.78, 5) is 0. The van der Waals surface area contributed by atoms with Gasteiger partial charge in [-0.1, -0.05) is 29.8 Å². The summed E-state index contributed by atoms with van der Waals surface area (Å²) in [5.41, 5.74) is 0.236. The van der Waals surface area contributed by atoms with Crippen LogP contribution in [-0.2, 0) is 0 Å². The number of methoxy groups -OCH3 is 1. The summed E-state index contributed by atoms with van der Waals surface area (Å²) >= 11 is 3.59. The fourth-order valence-electron chi connectivity index (χ4n) is 1.59. The normalized spacial score (nSPS) is 11.3. The van der Waals surface area contributed by atoms with Crippen LogP contribution < -0.4 is 9.47 Å². The maximum atomic E-state index is 5.86. The van der Waals surface area contributed by atoms with E-state index in [9.17, 15) is 0 Å². The minimum Gasteiger partial charge on any atom is -0.497 e. The second kappa shape index (κ2) is 6.90. The van der Waals surface area contributed by atoms with Gasteiger partial charge in [0.1, 0.15) is 11.5 Å². The van der Waals surface area contributed by atoms with Gasteiger partial charge in [-0.25, -0.2) is 0 Å². The summed E-state index contributed by atoms with van der Waals surface area (Å²) in [5, 5.41) is 0.975. The standard InChI is InChI=1S/C14H21BrO2/c1-4-14(5-2,10-15)11-17-13-8-6-12(16-3)7-9-13/h6-9H,4-5,10-11H2,1-3H3. The molecule has 0 aliphatic rings. The molecular weight excluding hydrogens is 280 g/mol. The van der Waals surface area contributed by atoms with Crippen molar-refractivity contribution < 1.29 is 9.47 Å². The van der Waals surface area contributed by atoms with Crippen LogP contribution in [0.15, 0.2) is 24.3 Å². The van der Waals surface area contributed by atoms with Crippen molar-refractivity contribution in [3.05, 3.63) is 24.3 Å². The number of ether oxygens (including phenoxy) is 2. The first-order valence-electron chi connectivity index (χ1n) is 6.02. The molecule has 96 valence electrons. The largest absolute Gasteiger partial charge is 0.497 e. The van der Waals surface area contributed by atoms with E-state index in [1.807, 2.05) is 24.3 Å². The van der Waals surface area contributed by atoms with Gasteiger partial charge >= 0.3 is 0 Å². The Morgan fingerprint density at radius 2 is 1.59 bits per heavy atom. The Morgan fingerprint density at radius 3 is 2.00 bits per heavy atom. The molecule has 0 atom stereocenters. The maximum Gasteiger partial charge on any atom is 0.119 e. The van der Waals surface area contributed by atoms with Gasteiger partial charge < -0.3 is 9.47 Å². The number of benzene rings is 1. The van der Waals surface area contributed by atoms with Gasteiger partial charge in [0, 0.05) is 10.7 Å². The van der Waals surface area contributed by atoms with Crippen molar-refractivity contribution in [3.63, 3.8) is 0 Å². The first-order chi connectivity index (χ1) is 8.19. The molecule has 2 nitrogen and oxygen atoms in total. The highest BCUT2D eigenvalue weighted by molar-refractivity contribution is 9.09. The predicted octanol–water partition coefficient (Wildman–Crippen LogP) is 4.28. The highest BCUT2D eigenvalue weighted by atomic mass is 79.9. The van der Waals surface area contributed by atoms with Crippen molar-refractivity contribution in [1.29, 1.82) is 0 Å². The Bertz CT molecular complexity index is 309. The molecule has 0 N–H and O–H groups in total. The van der Waals surface area contributed by atoms with Crippen LogP contribution in [0.4, 0.5) is 0 Å². The van der Waals surface area contributed by atoms with Crippen LogP contribution in [0, 0.1) is 5.41 Å². The lowest BCUT2D eigenvalue weighted by atomic mass is 9.86. The van der Waals surface area contributed by atoms with Gasteiger partial charge in [-0.3, -0.25) is 0 Å². The first kappa shape index (κ1) is 14.4. The Morgan fingerprint density at radius 1 is 1.06 bits per heavy atom. The predicted molar refractivity (Wildman–Crippen MR) is 75.3 cm³/mol. The molecule has 0 amide bonds. The number of rotatable bonds is 7. The van der Waals surface area contributed by atoms with Crippen molar-refractivity contribution in [2.75, 3.05) is 19.0 Å². The summed E-state index contributed by atoms with van der Waals surface area (Å²) in [6, 6.07) is 7.73. The zero-order valence-electron chi connectivity index (χ0n) is 10.8. The molecule has 0 spiro atoms. The molecule has 0 unspecified atom stereocenters. The van der Waals surface area contributed by atoms with E-state index in [1.165, 1.54) is 0 Å². The average Bonchev–Trinajstić information content (AvgIpc) is 2.41. The molecule has 17 heavy (non-hydrogen) atoms. The summed E-state index contributed by atoms with van der Waals surface area (Å²) in [7, 11) is 1.67. The zero-order valence-corrected chi connectivity index (χ0v) is 12.4. The smallest absolute Gasteiger partial charge is 0.119 e. The van der Waals surface area contributed by atoms with Crippen molar-refractivity contribution in [1.82, 2.24) is 0 Å². The molecule has 1 rings (SSSR count). The molecule has 0 heterocycles. The molecule has 3 heteroatoms. The van der Waals surface area contributed by atoms with Gasteiger partial charge in [0.25, 0.3) is 0 Å². The van der Waals surface area contributed by atoms with Gasteiger partial charge in [0.15, 0.2) is 0 Å². The third kappa shape index (κ3) is 3.91. The topological polar surface area (TPSA) is 18.5 Å². The van der Waals surface area contributed by atoms with Gasteiger partial charge in [0.2, 0.25) is 0 Å². The molecule has 0 bridgehead atoms. The quantitative estimate of drug-likeness (QED) is 0.700. The fraction of sp³-hybridized carbons (Fsp3) is 0.571. The van der Waals surface area contributed by atoms with E-state index < -0.39 is 0 Å². The molecule has 1 aromatic rings. The van der Waals surface area contributed by atoms with Crippen LogP contribution in [-0.4, -0.2) is 19.0 Å². The van der Waals surface area contributed by atoms with Gasteiger partial charge in [-0.15, -0.1) is 0 Å². The number of alkyl halides is 1. The zero-order chi connectivity index (χ0) is 12.7. The lowest BCUT2D eigenvalue weighted by Gasteiger charge is -2.29. The van der Waals surface area contributed by atoms with Crippen LogP contribution >= 0.6 is 15.9 Å². The van der Waals surface area contributed by atoms with Crippen LogP contribution in [0.1, 0.15) is 26.7 Å². The Kier molecular flexibility index (Phi) is 5.83. The Balaban J connectivity index is 2.59. The van der Waals surface area contributed by atoms with E-state index in [2.05, 4.69) is 29.8 Å². The Labute approximate surface area is 112 Å². The molecule has 0 aromatic heterocycles. The van der Waals surface area contributed by atoms with Crippen molar-refractivity contribution in [2.45, 2.75) is 26.7 Å². The van der Waals surface area contributed by atoms with Gasteiger partial charge in [0.05, 0.1) is 13.7 Å². The second-order valence-electron chi connectivity index (χ2n) is 4.30. The average molecular weight is 301 g/mol. The molecule has 0 aliphatic carbocycles. The SMILES string of the molecule is CCC(CC)(CBr)COc1ccc(OC)cc1. The third-order valence-electron chi connectivity index (χ3n) is 3.39. The lowest BCUT2D eigenvalue weighted by molar-refractivity contribution is 0.158. The maximum absolute atomic E-state index is 5.86. The number of hydrogen-bond acceptors (Lipinski definition) is 2. The summed E-state index contributed by atoms with van der Waals surface area (Å²) < 4.78 is 11.0. The minimum atomic E-state index is 0.236.